The normalized spacial score (nSPS) is 12.4. The van der Waals surface area contributed by atoms with Crippen molar-refractivity contribution in [3.8, 4) is 0 Å². The zero-order chi connectivity index (χ0) is 23.2. The van der Waals surface area contributed by atoms with Gasteiger partial charge < -0.3 is 10.2 Å². The molecule has 0 radical (unpaired) electrons. The molecule has 1 atom stereocenters. The van der Waals surface area contributed by atoms with Gasteiger partial charge in [-0.1, -0.05) is 66.0 Å². The Morgan fingerprint density at radius 2 is 1.68 bits per heavy atom. The van der Waals surface area contributed by atoms with Crippen LogP contribution >= 0.6 is 34.8 Å². The minimum absolute atomic E-state index is 0.123. The minimum atomic E-state index is -0.604. The van der Waals surface area contributed by atoms with E-state index in [1.165, 1.54) is 0 Å². The van der Waals surface area contributed by atoms with E-state index in [0.717, 1.165) is 11.1 Å². The van der Waals surface area contributed by atoms with Crippen molar-refractivity contribution in [1.82, 2.24) is 10.2 Å². The van der Waals surface area contributed by atoms with Crippen molar-refractivity contribution in [1.29, 1.82) is 0 Å². The van der Waals surface area contributed by atoms with Crippen molar-refractivity contribution in [2.45, 2.75) is 65.1 Å². The van der Waals surface area contributed by atoms with Crippen LogP contribution in [0.2, 0.25) is 15.1 Å². The Labute approximate surface area is 199 Å². The average molecular weight is 484 g/mol. The molecule has 2 rings (SSSR count). The Kier molecular flexibility index (Phi) is 9.23. The van der Waals surface area contributed by atoms with E-state index in [9.17, 15) is 9.59 Å². The lowest BCUT2D eigenvalue weighted by Crippen LogP contribution is -2.53. The molecule has 0 aliphatic rings. The molecular weight excluding hydrogens is 455 g/mol. The van der Waals surface area contributed by atoms with Gasteiger partial charge in [0.25, 0.3) is 0 Å². The van der Waals surface area contributed by atoms with Crippen molar-refractivity contribution in [3.05, 3.63) is 68.7 Å². The summed E-state index contributed by atoms with van der Waals surface area (Å²) in [6, 6.07) is 12.1. The molecule has 0 aliphatic carbocycles. The Balaban J connectivity index is 2.28. The van der Waals surface area contributed by atoms with E-state index in [1.807, 2.05) is 52.0 Å². The lowest BCUT2D eigenvalue weighted by Gasteiger charge is -2.33. The van der Waals surface area contributed by atoms with Crippen LogP contribution < -0.4 is 5.32 Å². The fourth-order valence-corrected chi connectivity index (χ4v) is 3.84. The lowest BCUT2D eigenvalue weighted by atomic mass is 10.0. The molecule has 4 nitrogen and oxygen atoms in total. The highest BCUT2D eigenvalue weighted by atomic mass is 35.5. The fourth-order valence-electron chi connectivity index (χ4n) is 3.29. The number of carbonyl (C=O) groups is 2. The number of benzene rings is 2. The summed E-state index contributed by atoms with van der Waals surface area (Å²) in [6.45, 7) is 7.91. The highest BCUT2D eigenvalue weighted by Gasteiger charge is 2.30. The van der Waals surface area contributed by atoms with E-state index in [4.69, 9.17) is 34.8 Å². The Hall–Kier alpha value is -1.75. The first-order valence-electron chi connectivity index (χ1n) is 10.3. The smallest absolute Gasteiger partial charge is 0.243 e. The van der Waals surface area contributed by atoms with Crippen molar-refractivity contribution >= 4 is 46.6 Å². The van der Waals surface area contributed by atoms with Gasteiger partial charge in [0.15, 0.2) is 0 Å². The number of amides is 2. The number of hydrogen-bond acceptors (Lipinski definition) is 2. The SMILES string of the molecule is CCC(C(=O)NC(C)(C)C)N(Cc1ccc(Cl)c(Cl)c1)C(=O)CCc1ccccc1Cl. The standard InChI is InChI=1S/C24H29Cl3N2O2/c1-5-21(23(31)28-24(2,3)4)29(15-16-10-12-19(26)20(27)14-16)22(30)13-11-17-8-6-7-9-18(17)25/h6-10,12,14,21H,5,11,13,15H2,1-4H3,(H,28,31). The third-order valence-electron chi connectivity index (χ3n) is 4.79. The first-order chi connectivity index (χ1) is 14.5. The molecule has 0 saturated heterocycles. The molecule has 0 bridgehead atoms. The number of halogens is 3. The zero-order valence-electron chi connectivity index (χ0n) is 18.3. The number of nitrogens with zero attached hydrogens (tertiary/aromatic N) is 1. The molecule has 2 amide bonds. The molecule has 2 aromatic rings. The fraction of sp³-hybridized carbons (Fsp3) is 0.417. The Bertz CT molecular complexity index is 925. The van der Waals surface area contributed by atoms with Crippen LogP contribution in [0.5, 0.6) is 0 Å². The number of carbonyl (C=O) groups excluding carboxylic acids is 2. The Morgan fingerprint density at radius 1 is 1.00 bits per heavy atom. The van der Waals surface area contributed by atoms with Gasteiger partial charge in [-0.25, -0.2) is 0 Å². The third-order valence-corrected chi connectivity index (χ3v) is 5.89. The van der Waals surface area contributed by atoms with E-state index in [2.05, 4.69) is 5.32 Å². The van der Waals surface area contributed by atoms with Crippen LogP contribution in [0.3, 0.4) is 0 Å². The highest BCUT2D eigenvalue weighted by molar-refractivity contribution is 6.42. The molecule has 168 valence electrons. The molecule has 0 spiro atoms. The zero-order valence-corrected chi connectivity index (χ0v) is 20.6. The summed E-state index contributed by atoms with van der Waals surface area (Å²) in [7, 11) is 0. The quantitative estimate of drug-likeness (QED) is 0.479. The highest BCUT2D eigenvalue weighted by Crippen LogP contribution is 2.25. The van der Waals surface area contributed by atoms with E-state index < -0.39 is 11.6 Å². The summed E-state index contributed by atoms with van der Waals surface area (Å²) in [5, 5.41) is 4.48. The predicted molar refractivity (Wildman–Crippen MR) is 129 cm³/mol. The number of hydrogen-bond donors (Lipinski definition) is 1. The first-order valence-corrected chi connectivity index (χ1v) is 11.4. The van der Waals surface area contributed by atoms with Gasteiger partial charge in [-0.3, -0.25) is 9.59 Å². The summed E-state index contributed by atoms with van der Waals surface area (Å²) in [5.74, 6) is -0.303. The van der Waals surface area contributed by atoms with E-state index >= 15 is 0 Å². The molecular formula is C24H29Cl3N2O2. The van der Waals surface area contributed by atoms with Gasteiger partial charge in [0, 0.05) is 23.5 Å². The number of rotatable bonds is 8. The van der Waals surface area contributed by atoms with Gasteiger partial charge in [0.2, 0.25) is 11.8 Å². The van der Waals surface area contributed by atoms with Crippen LogP contribution in [0.25, 0.3) is 0 Å². The van der Waals surface area contributed by atoms with E-state index in [0.29, 0.717) is 27.9 Å². The molecule has 0 heterocycles. The maximum atomic E-state index is 13.3. The van der Waals surface area contributed by atoms with Crippen LogP contribution in [0.15, 0.2) is 42.5 Å². The van der Waals surface area contributed by atoms with Crippen LogP contribution in [0, 0.1) is 0 Å². The second-order valence-electron chi connectivity index (χ2n) is 8.52. The van der Waals surface area contributed by atoms with E-state index in [-0.39, 0.29) is 24.8 Å². The molecule has 31 heavy (non-hydrogen) atoms. The number of nitrogens with one attached hydrogen (secondary N) is 1. The van der Waals surface area contributed by atoms with Crippen LogP contribution in [0.1, 0.15) is 51.7 Å². The Morgan fingerprint density at radius 3 is 2.26 bits per heavy atom. The van der Waals surface area contributed by atoms with E-state index in [1.54, 1.807) is 23.1 Å². The molecule has 0 saturated carbocycles. The van der Waals surface area contributed by atoms with Crippen molar-refractivity contribution in [2.24, 2.45) is 0 Å². The average Bonchev–Trinajstić information content (AvgIpc) is 2.68. The minimum Gasteiger partial charge on any atom is -0.350 e. The van der Waals surface area contributed by atoms with Gasteiger partial charge in [-0.2, -0.15) is 0 Å². The molecule has 1 unspecified atom stereocenters. The van der Waals surface area contributed by atoms with Gasteiger partial charge in [0.05, 0.1) is 10.0 Å². The molecule has 0 aromatic heterocycles. The summed E-state index contributed by atoms with van der Waals surface area (Å²) in [6.07, 6.45) is 1.22. The maximum absolute atomic E-state index is 13.3. The molecule has 1 N–H and O–H groups in total. The van der Waals surface area contributed by atoms with Crippen molar-refractivity contribution in [3.63, 3.8) is 0 Å². The van der Waals surface area contributed by atoms with Crippen molar-refractivity contribution in [2.75, 3.05) is 0 Å². The van der Waals surface area contributed by atoms with Crippen molar-refractivity contribution < 1.29 is 9.59 Å². The van der Waals surface area contributed by atoms with Gasteiger partial charge in [0.1, 0.15) is 6.04 Å². The molecule has 0 aliphatic heterocycles. The molecule has 2 aromatic carbocycles. The molecule has 0 fully saturated rings. The van der Waals surface area contributed by atoms with Crippen LogP contribution in [0.4, 0.5) is 0 Å². The van der Waals surface area contributed by atoms with Gasteiger partial charge >= 0.3 is 0 Å². The summed E-state index contributed by atoms with van der Waals surface area (Å²) in [5.41, 5.74) is 1.31. The third kappa shape index (κ3) is 7.71. The lowest BCUT2D eigenvalue weighted by molar-refractivity contribution is -0.142. The monoisotopic (exact) mass is 482 g/mol. The second kappa shape index (κ2) is 11.2. The number of aryl methyl sites for hydroxylation is 1. The topological polar surface area (TPSA) is 49.4 Å². The van der Waals surface area contributed by atoms with Gasteiger partial charge in [-0.15, -0.1) is 0 Å². The predicted octanol–water partition coefficient (Wildman–Crippen LogP) is 6.30. The first kappa shape index (κ1) is 25.5. The van der Waals surface area contributed by atoms with Crippen LogP contribution in [-0.4, -0.2) is 28.3 Å². The summed E-state index contributed by atoms with van der Waals surface area (Å²) >= 11 is 18.5. The molecule has 7 heteroatoms. The largest absolute Gasteiger partial charge is 0.350 e. The summed E-state index contributed by atoms with van der Waals surface area (Å²) in [4.78, 5) is 27.9. The maximum Gasteiger partial charge on any atom is 0.243 e. The van der Waals surface area contributed by atoms with Gasteiger partial charge in [-0.05, 0) is 62.9 Å². The summed E-state index contributed by atoms with van der Waals surface area (Å²) < 4.78 is 0. The second-order valence-corrected chi connectivity index (χ2v) is 9.75. The van der Waals surface area contributed by atoms with Crippen LogP contribution in [-0.2, 0) is 22.6 Å².